The van der Waals surface area contributed by atoms with Gasteiger partial charge in [-0.1, -0.05) is 91.0 Å². The monoisotopic (exact) mass is 408 g/mol. The van der Waals surface area contributed by atoms with Crippen LogP contribution in [0.5, 0.6) is 0 Å². The summed E-state index contributed by atoms with van der Waals surface area (Å²) in [4.78, 5) is 9.17. The lowest BCUT2D eigenvalue weighted by Gasteiger charge is -2.16. The summed E-state index contributed by atoms with van der Waals surface area (Å²) in [5.74, 6) is 0. The van der Waals surface area contributed by atoms with Gasteiger partial charge in [0.1, 0.15) is 0 Å². The highest BCUT2D eigenvalue weighted by molar-refractivity contribution is 6.10. The molecule has 6 aromatic rings. The quantitative estimate of drug-likeness (QED) is 0.299. The zero-order valence-electron chi connectivity index (χ0n) is 17.4. The Hall–Kier alpha value is -4.30. The predicted octanol–water partition coefficient (Wildman–Crippen LogP) is 7.78. The molecule has 6 rings (SSSR count). The molecule has 0 fully saturated rings. The van der Waals surface area contributed by atoms with E-state index in [1.54, 1.807) is 6.20 Å². The summed E-state index contributed by atoms with van der Waals surface area (Å²) in [6.07, 6.45) is 3.76. The fourth-order valence-electron chi connectivity index (χ4n) is 4.46. The van der Waals surface area contributed by atoms with Crippen LogP contribution >= 0.6 is 0 Å². The van der Waals surface area contributed by atoms with Gasteiger partial charge < -0.3 is 0 Å². The van der Waals surface area contributed by atoms with Gasteiger partial charge in [-0.25, -0.2) is 0 Å². The second kappa shape index (κ2) is 7.75. The normalized spacial score (nSPS) is 11.1. The van der Waals surface area contributed by atoms with Crippen molar-refractivity contribution in [3.8, 4) is 33.6 Å². The van der Waals surface area contributed by atoms with Crippen LogP contribution in [-0.4, -0.2) is 9.97 Å². The Labute approximate surface area is 186 Å². The van der Waals surface area contributed by atoms with Gasteiger partial charge >= 0.3 is 0 Å². The van der Waals surface area contributed by atoms with Gasteiger partial charge in [-0.05, 0) is 56.4 Å². The zero-order valence-corrected chi connectivity index (χ0v) is 17.4. The predicted molar refractivity (Wildman–Crippen MR) is 133 cm³/mol. The SMILES string of the molecule is c1ccc(-c2ccc(-c3ccc4ccccc4c3-c3cccc4ccccc34)cn2)nc1. The van der Waals surface area contributed by atoms with Crippen LogP contribution in [0.2, 0.25) is 0 Å². The van der Waals surface area contributed by atoms with Gasteiger partial charge in [0.25, 0.3) is 0 Å². The highest BCUT2D eigenvalue weighted by Crippen LogP contribution is 2.41. The molecule has 2 nitrogen and oxygen atoms in total. The van der Waals surface area contributed by atoms with Gasteiger partial charge in [-0.15, -0.1) is 0 Å². The Morgan fingerprint density at radius 1 is 0.438 bits per heavy atom. The summed E-state index contributed by atoms with van der Waals surface area (Å²) >= 11 is 0. The van der Waals surface area contributed by atoms with Crippen molar-refractivity contribution in [1.29, 1.82) is 0 Å². The number of rotatable bonds is 3. The zero-order chi connectivity index (χ0) is 21.3. The van der Waals surface area contributed by atoms with Crippen molar-refractivity contribution in [2.45, 2.75) is 0 Å². The number of aromatic nitrogens is 2. The average molecular weight is 409 g/mol. The van der Waals surface area contributed by atoms with E-state index < -0.39 is 0 Å². The largest absolute Gasteiger partial charge is 0.255 e. The third-order valence-corrected chi connectivity index (χ3v) is 5.99. The minimum atomic E-state index is 0.877. The third kappa shape index (κ3) is 3.14. The van der Waals surface area contributed by atoms with Crippen LogP contribution in [0.15, 0.2) is 122 Å². The van der Waals surface area contributed by atoms with Crippen LogP contribution in [0.1, 0.15) is 0 Å². The van der Waals surface area contributed by atoms with Crippen molar-refractivity contribution in [3.05, 3.63) is 122 Å². The van der Waals surface area contributed by atoms with E-state index in [0.29, 0.717) is 0 Å². The minimum Gasteiger partial charge on any atom is -0.255 e. The van der Waals surface area contributed by atoms with Crippen molar-refractivity contribution in [2.75, 3.05) is 0 Å². The topological polar surface area (TPSA) is 25.8 Å². The van der Waals surface area contributed by atoms with Crippen molar-refractivity contribution in [3.63, 3.8) is 0 Å². The third-order valence-electron chi connectivity index (χ3n) is 5.99. The summed E-state index contributed by atoms with van der Waals surface area (Å²) in [6.45, 7) is 0. The molecule has 2 heteroatoms. The molecule has 32 heavy (non-hydrogen) atoms. The molecule has 0 radical (unpaired) electrons. The average Bonchev–Trinajstić information content (AvgIpc) is 2.88. The molecule has 2 aromatic heterocycles. The highest BCUT2D eigenvalue weighted by Gasteiger charge is 2.14. The van der Waals surface area contributed by atoms with E-state index in [1.807, 2.05) is 24.4 Å². The lowest BCUT2D eigenvalue weighted by molar-refractivity contribution is 1.25. The Balaban J connectivity index is 1.60. The molecule has 0 amide bonds. The molecule has 0 bridgehead atoms. The number of benzene rings is 4. The minimum absolute atomic E-state index is 0.877. The van der Waals surface area contributed by atoms with Gasteiger partial charge in [-0.2, -0.15) is 0 Å². The maximum atomic E-state index is 4.74. The summed E-state index contributed by atoms with van der Waals surface area (Å²) in [7, 11) is 0. The van der Waals surface area contributed by atoms with E-state index in [9.17, 15) is 0 Å². The molecular formula is C30H20N2. The van der Waals surface area contributed by atoms with E-state index in [4.69, 9.17) is 4.98 Å². The van der Waals surface area contributed by atoms with E-state index in [-0.39, 0.29) is 0 Å². The molecule has 0 unspecified atom stereocenters. The summed E-state index contributed by atoms with van der Waals surface area (Å²) in [6, 6.07) is 38.2. The van der Waals surface area contributed by atoms with Crippen LogP contribution in [0, 0.1) is 0 Å². The number of nitrogens with zero attached hydrogens (tertiary/aromatic N) is 2. The summed E-state index contributed by atoms with van der Waals surface area (Å²) in [5.41, 5.74) is 6.52. The van der Waals surface area contributed by atoms with Crippen molar-refractivity contribution in [2.24, 2.45) is 0 Å². The molecular weight excluding hydrogens is 388 g/mol. The molecule has 0 saturated carbocycles. The molecule has 2 heterocycles. The fraction of sp³-hybridized carbons (Fsp3) is 0. The summed E-state index contributed by atoms with van der Waals surface area (Å²) < 4.78 is 0. The molecule has 0 aliphatic rings. The van der Waals surface area contributed by atoms with E-state index in [1.165, 1.54) is 38.2 Å². The number of pyridine rings is 2. The van der Waals surface area contributed by atoms with Crippen LogP contribution < -0.4 is 0 Å². The lowest BCUT2D eigenvalue weighted by atomic mass is 9.88. The first-order valence-electron chi connectivity index (χ1n) is 10.8. The molecule has 0 atom stereocenters. The van der Waals surface area contributed by atoms with Gasteiger partial charge in [0, 0.05) is 18.0 Å². The highest BCUT2D eigenvalue weighted by atomic mass is 14.8. The van der Waals surface area contributed by atoms with Gasteiger partial charge in [0.2, 0.25) is 0 Å². The first kappa shape index (κ1) is 18.5. The van der Waals surface area contributed by atoms with E-state index >= 15 is 0 Å². The standard InChI is InChI=1S/C30H20N2/c1-3-11-24-21(8-1)10-7-13-27(24)30-25-12-4-2-9-22(25)15-17-26(30)23-16-18-29(32-20-23)28-14-5-6-19-31-28/h1-20H. The molecule has 0 spiro atoms. The van der Waals surface area contributed by atoms with E-state index in [2.05, 4.69) is 96.0 Å². The molecule has 4 aromatic carbocycles. The second-order valence-corrected chi connectivity index (χ2v) is 7.88. The molecule has 0 N–H and O–H groups in total. The molecule has 150 valence electrons. The lowest BCUT2D eigenvalue weighted by Crippen LogP contribution is -1.91. The van der Waals surface area contributed by atoms with Crippen molar-refractivity contribution >= 4 is 21.5 Å². The summed E-state index contributed by atoms with van der Waals surface area (Å²) in [5, 5.41) is 4.98. The Bertz CT molecular complexity index is 1550. The number of fused-ring (bicyclic) bond motifs is 2. The first-order valence-corrected chi connectivity index (χ1v) is 10.8. The van der Waals surface area contributed by atoms with Gasteiger partial charge in [0.05, 0.1) is 11.4 Å². The maximum absolute atomic E-state index is 4.74. The Kier molecular flexibility index (Phi) is 4.47. The van der Waals surface area contributed by atoms with Crippen LogP contribution in [0.4, 0.5) is 0 Å². The van der Waals surface area contributed by atoms with Crippen molar-refractivity contribution in [1.82, 2.24) is 9.97 Å². The molecule has 0 saturated heterocycles. The van der Waals surface area contributed by atoms with Crippen molar-refractivity contribution < 1.29 is 0 Å². The molecule has 0 aliphatic carbocycles. The fourth-order valence-corrected chi connectivity index (χ4v) is 4.46. The van der Waals surface area contributed by atoms with Gasteiger partial charge in [-0.3, -0.25) is 9.97 Å². The van der Waals surface area contributed by atoms with Crippen LogP contribution in [0.25, 0.3) is 55.2 Å². The maximum Gasteiger partial charge on any atom is 0.0886 e. The van der Waals surface area contributed by atoms with Crippen LogP contribution in [0.3, 0.4) is 0 Å². The Morgan fingerprint density at radius 2 is 1.16 bits per heavy atom. The number of hydrogen-bond acceptors (Lipinski definition) is 2. The van der Waals surface area contributed by atoms with Gasteiger partial charge in [0.15, 0.2) is 0 Å². The second-order valence-electron chi connectivity index (χ2n) is 7.88. The smallest absolute Gasteiger partial charge is 0.0886 e. The molecule has 0 aliphatic heterocycles. The van der Waals surface area contributed by atoms with Crippen LogP contribution in [-0.2, 0) is 0 Å². The first-order chi connectivity index (χ1) is 15.9. The number of hydrogen-bond donors (Lipinski definition) is 0. The Morgan fingerprint density at radius 3 is 1.94 bits per heavy atom. The van der Waals surface area contributed by atoms with E-state index in [0.717, 1.165) is 17.0 Å².